The Morgan fingerprint density at radius 1 is 0.531 bits per heavy atom. The summed E-state index contributed by atoms with van der Waals surface area (Å²) in [4.78, 5) is 25.1. The molecule has 0 amide bonds. The van der Waals surface area contributed by atoms with Crippen molar-refractivity contribution in [3.05, 3.63) is 24.3 Å². The SMILES string of the molecule is CCCCCCCC/C=C\CCCCCCCC(=O)OC(CCC(Br)C(C)(C)O)OC(=O)CCCCCCC/C=C\CCCCCCCC. The number of rotatable bonds is 36. The van der Waals surface area contributed by atoms with E-state index in [1.807, 2.05) is 0 Å². The molecule has 5 nitrogen and oxygen atoms in total. The molecule has 0 bridgehead atoms. The molecule has 0 radical (unpaired) electrons. The maximum Gasteiger partial charge on any atom is 0.308 e. The Balaban J connectivity index is 4.15. The molecule has 0 aliphatic carbocycles. The van der Waals surface area contributed by atoms with Crippen LogP contribution in [0.5, 0.6) is 0 Å². The van der Waals surface area contributed by atoms with E-state index in [1.165, 1.54) is 116 Å². The second-order valence-corrected chi connectivity index (χ2v) is 15.9. The van der Waals surface area contributed by atoms with Crippen LogP contribution in [0.15, 0.2) is 24.3 Å². The van der Waals surface area contributed by atoms with Gasteiger partial charge in [-0.2, -0.15) is 0 Å². The van der Waals surface area contributed by atoms with Crippen LogP contribution in [0, 0.1) is 0 Å². The molecular formula is C43H79BrO5. The third-order valence-corrected chi connectivity index (χ3v) is 10.8. The number of unbranched alkanes of at least 4 members (excludes halogenated alkanes) is 22. The molecule has 0 aliphatic heterocycles. The number of alkyl halides is 1. The van der Waals surface area contributed by atoms with Gasteiger partial charge in [0.15, 0.2) is 0 Å². The third kappa shape index (κ3) is 35.1. The van der Waals surface area contributed by atoms with Gasteiger partial charge in [-0.3, -0.25) is 9.59 Å². The van der Waals surface area contributed by atoms with Crippen LogP contribution >= 0.6 is 15.9 Å². The van der Waals surface area contributed by atoms with Crippen LogP contribution in [-0.4, -0.2) is 33.8 Å². The molecule has 49 heavy (non-hydrogen) atoms. The Morgan fingerprint density at radius 2 is 0.837 bits per heavy atom. The molecule has 0 spiro atoms. The molecule has 0 saturated carbocycles. The summed E-state index contributed by atoms with van der Waals surface area (Å²) in [5, 5.41) is 10.3. The topological polar surface area (TPSA) is 72.8 Å². The monoisotopic (exact) mass is 755 g/mol. The van der Waals surface area contributed by atoms with Gasteiger partial charge in [0.1, 0.15) is 0 Å². The summed E-state index contributed by atoms with van der Waals surface area (Å²) in [6.07, 6.45) is 41.4. The van der Waals surface area contributed by atoms with Gasteiger partial charge in [0.2, 0.25) is 6.29 Å². The maximum absolute atomic E-state index is 12.6. The van der Waals surface area contributed by atoms with Crippen molar-refractivity contribution in [2.45, 2.75) is 237 Å². The number of aliphatic hydroxyl groups is 1. The van der Waals surface area contributed by atoms with Crippen molar-refractivity contribution in [1.29, 1.82) is 0 Å². The Labute approximate surface area is 312 Å². The first kappa shape index (κ1) is 47.9. The number of hydrogen-bond donors (Lipinski definition) is 1. The van der Waals surface area contributed by atoms with Crippen molar-refractivity contribution in [3.63, 3.8) is 0 Å². The highest BCUT2D eigenvalue weighted by molar-refractivity contribution is 9.09. The van der Waals surface area contributed by atoms with Gasteiger partial charge in [-0.25, -0.2) is 0 Å². The van der Waals surface area contributed by atoms with Gasteiger partial charge in [-0.15, -0.1) is 0 Å². The molecule has 1 atom stereocenters. The number of carbonyl (C=O) groups is 2. The Morgan fingerprint density at radius 3 is 1.16 bits per heavy atom. The largest absolute Gasteiger partial charge is 0.425 e. The summed E-state index contributed by atoms with van der Waals surface area (Å²) in [7, 11) is 0. The summed E-state index contributed by atoms with van der Waals surface area (Å²) in [5.41, 5.74) is -0.925. The first-order valence-corrected chi connectivity index (χ1v) is 21.7. The second kappa shape index (κ2) is 35.3. The zero-order chi connectivity index (χ0) is 36.3. The molecule has 288 valence electrons. The van der Waals surface area contributed by atoms with E-state index in [0.29, 0.717) is 25.7 Å². The summed E-state index contributed by atoms with van der Waals surface area (Å²) >= 11 is 3.53. The molecule has 0 aromatic rings. The highest BCUT2D eigenvalue weighted by Crippen LogP contribution is 2.24. The van der Waals surface area contributed by atoms with E-state index in [-0.39, 0.29) is 16.8 Å². The van der Waals surface area contributed by atoms with Gasteiger partial charge in [0, 0.05) is 24.1 Å². The van der Waals surface area contributed by atoms with Crippen molar-refractivity contribution < 1.29 is 24.2 Å². The molecule has 0 fully saturated rings. The minimum atomic E-state index is -0.925. The van der Waals surface area contributed by atoms with Crippen molar-refractivity contribution in [2.24, 2.45) is 0 Å². The summed E-state index contributed by atoms with van der Waals surface area (Å²) in [5.74, 6) is -0.628. The quantitative estimate of drug-likeness (QED) is 0.0227. The fourth-order valence-electron chi connectivity index (χ4n) is 5.87. The van der Waals surface area contributed by atoms with E-state index < -0.39 is 11.9 Å². The van der Waals surface area contributed by atoms with Crippen LogP contribution in [0.2, 0.25) is 0 Å². The molecule has 1 unspecified atom stereocenters. The lowest BCUT2D eigenvalue weighted by atomic mass is 10.0. The normalized spacial score (nSPS) is 12.8. The summed E-state index contributed by atoms with van der Waals surface area (Å²) in [6, 6.07) is 0. The molecule has 0 aliphatic rings. The maximum atomic E-state index is 12.6. The van der Waals surface area contributed by atoms with Gasteiger partial charge >= 0.3 is 11.9 Å². The molecule has 0 heterocycles. The Kier molecular flexibility index (Phi) is 34.5. The average molecular weight is 756 g/mol. The highest BCUT2D eigenvalue weighted by atomic mass is 79.9. The average Bonchev–Trinajstić information content (AvgIpc) is 3.06. The number of halogens is 1. The number of hydrogen-bond acceptors (Lipinski definition) is 5. The lowest BCUT2D eigenvalue weighted by molar-refractivity contribution is -0.189. The van der Waals surface area contributed by atoms with Gasteiger partial charge in [-0.1, -0.05) is 157 Å². The highest BCUT2D eigenvalue weighted by Gasteiger charge is 2.27. The first-order valence-electron chi connectivity index (χ1n) is 20.8. The van der Waals surface area contributed by atoms with Gasteiger partial charge < -0.3 is 14.6 Å². The fraction of sp³-hybridized carbons (Fsp3) is 0.860. The minimum absolute atomic E-state index is 0.198. The molecule has 1 N–H and O–H groups in total. The lowest BCUT2D eigenvalue weighted by Crippen LogP contribution is -2.33. The van der Waals surface area contributed by atoms with Crippen molar-refractivity contribution >= 4 is 27.9 Å². The molecular weight excluding hydrogens is 676 g/mol. The zero-order valence-corrected chi connectivity index (χ0v) is 34.2. The summed E-state index contributed by atoms with van der Waals surface area (Å²) < 4.78 is 11.3. The van der Waals surface area contributed by atoms with E-state index in [1.54, 1.807) is 13.8 Å². The predicted molar refractivity (Wildman–Crippen MR) is 213 cm³/mol. The van der Waals surface area contributed by atoms with Crippen LogP contribution < -0.4 is 0 Å². The molecule has 0 rings (SSSR count). The van der Waals surface area contributed by atoms with Crippen LogP contribution in [0.1, 0.15) is 220 Å². The van der Waals surface area contributed by atoms with E-state index in [9.17, 15) is 14.7 Å². The van der Waals surface area contributed by atoms with Crippen LogP contribution in [0.25, 0.3) is 0 Å². The zero-order valence-electron chi connectivity index (χ0n) is 32.6. The Hall–Kier alpha value is -1.14. The van der Waals surface area contributed by atoms with E-state index in [2.05, 4.69) is 54.1 Å². The molecule has 6 heteroatoms. The standard InChI is InChI=1S/C43H79BrO5/c1-5-7-9-11-13-15-17-19-21-23-25-27-29-31-33-35-40(45)48-42(38-37-39(44)43(3,4)47)49-41(46)36-34-32-30-28-26-24-22-20-18-16-14-12-10-8-6-2/h19-22,39,42,47H,5-18,23-38H2,1-4H3/b21-19-,22-20-. The van der Waals surface area contributed by atoms with Crippen LogP contribution in [-0.2, 0) is 19.1 Å². The molecule has 0 aromatic heterocycles. The second-order valence-electron chi connectivity index (χ2n) is 14.8. The van der Waals surface area contributed by atoms with Crippen LogP contribution in [0.3, 0.4) is 0 Å². The first-order chi connectivity index (χ1) is 23.7. The van der Waals surface area contributed by atoms with Gasteiger partial charge in [0.05, 0.1) is 5.60 Å². The third-order valence-electron chi connectivity index (χ3n) is 9.23. The number of carbonyl (C=O) groups excluding carboxylic acids is 2. The minimum Gasteiger partial charge on any atom is -0.425 e. The number of ether oxygens (including phenoxy) is 2. The van der Waals surface area contributed by atoms with E-state index in [0.717, 1.165) is 51.4 Å². The van der Waals surface area contributed by atoms with Crippen molar-refractivity contribution in [1.82, 2.24) is 0 Å². The van der Waals surface area contributed by atoms with Crippen molar-refractivity contribution in [2.75, 3.05) is 0 Å². The van der Waals surface area contributed by atoms with E-state index >= 15 is 0 Å². The van der Waals surface area contributed by atoms with Gasteiger partial charge in [-0.05, 0) is 84.5 Å². The molecule has 0 aromatic carbocycles. The van der Waals surface area contributed by atoms with E-state index in [4.69, 9.17) is 9.47 Å². The summed E-state index contributed by atoms with van der Waals surface area (Å²) in [6.45, 7) is 7.99. The lowest BCUT2D eigenvalue weighted by Gasteiger charge is -2.26. The van der Waals surface area contributed by atoms with Crippen LogP contribution in [0.4, 0.5) is 0 Å². The van der Waals surface area contributed by atoms with Gasteiger partial charge in [0.25, 0.3) is 0 Å². The number of allylic oxidation sites excluding steroid dienone is 4. The Bertz CT molecular complexity index is 749. The smallest absolute Gasteiger partial charge is 0.308 e. The van der Waals surface area contributed by atoms with Crippen molar-refractivity contribution in [3.8, 4) is 0 Å². The predicted octanol–water partition coefficient (Wildman–Crippen LogP) is 13.8. The fourth-order valence-corrected chi connectivity index (χ4v) is 6.13. The number of esters is 2. The molecule has 0 saturated heterocycles.